The van der Waals surface area contributed by atoms with Gasteiger partial charge < -0.3 is 0 Å². The Morgan fingerprint density at radius 1 is 0.933 bits per heavy atom. The Bertz CT molecular complexity index is 436. The first-order valence-electron chi connectivity index (χ1n) is 4.62. The third-order valence-electron chi connectivity index (χ3n) is 2.33. The fourth-order valence-electron chi connectivity index (χ4n) is 1.31. The number of hydrogen-bond acceptors (Lipinski definition) is 2. The molecule has 0 aromatic carbocycles. The normalized spacial score (nSPS) is 9.47. The molecule has 0 fully saturated rings. The Kier molecular flexibility index (Phi) is 3.56. The molecule has 0 saturated heterocycles. The van der Waals surface area contributed by atoms with Crippen LogP contribution in [0.3, 0.4) is 0 Å². The zero-order valence-corrected chi connectivity index (χ0v) is 8.36. The molecule has 0 aliphatic carbocycles. The van der Waals surface area contributed by atoms with Crippen LogP contribution in [0.15, 0.2) is 36.7 Å². The molecule has 0 aliphatic rings. The lowest BCUT2D eigenvalue weighted by molar-refractivity contribution is 1.15. The minimum absolute atomic E-state index is 0. The summed E-state index contributed by atoms with van der Waals surface area (Å²) < 4.78 is 0. The molecule has 0 saturated carbocycles. The molecule has 0 aliphatic heterocycles. The minimum Gasteiger partial charge on any atom is -0.265 e. The minimum atomic E-state index is 0. The summed E-state index contributed by atoms with van der Waals surface area (Å²) in [5.74, 6) is 0. The monoisotopic (exact) mass is 200 g/mol. The highest BCUT2D eigenvalue weighted by Crippen LogP contribution is 2.17. The first kappa shape index (κ1) is 11.4. The molecular weight excluding hydrogens is 184 g/mol. The Morgan fingerprint density at radius 3 is 2.20 bits per heavy atom. The first-order chi connectivity index (χ1) is 6.77. The molecular formula is C13H16N2. The summed E-state index contributed by atoms with van der Waals surface area (Å²) in [6.45, 7) is 4.10. The van der Waals surface area contributed by atoms with Gasteiger partial charge >= 0.3 is 0 Å². The van der Waals surface area contributed by atoms with Crippen molar-refractivity contribution in [2.45, 2.75) is 21.3 Å². The van der Waals surface area contributed by atoms with E-state index in [2.05, 4.69) is 23.0 Å². The van der Waals surface area contributed by atoms with Gasteiger partial charge in [-0.25, -0.2) is 0 Å². The van der Waals surface area contributed by atoms with E-state index in [1.54, 1.807) is 12.4 Å². The fourth-order valence-corrected chi connectivity index (χ4v) is 1.31. The molecule has 0 N–H and O–H groups in total. The van der Waals surface area contributed by atoms with Gasteiger partial charge in [-0.1, -0.05) is 13.5 Å². The zero-order chi connectivity index (χ0) is 9.97. The largest absolute Gasteiger partial charge is 0.265 e. The van der Waals surface area contributed by atoms with Crippen molar-refractivity contribution in [2.24, 2.45) is 0 Å². The summed E-state index contributed by atoms with van der Waals surface area (Å²) in [6, 6.07) is 8.07. The zero-order valence-electron chi connectivity index (χ0n) is 8.36. The molecule has 15 heavy (non-hydrogen) atoms. The summed E-state index contributed by atoms with van der Waals surface area (Å²) in [7, 11) is 0. The van der Waals surface area contributed by atoms with Crippen molar-refractivity contribution in [3.63, 3.8) is 0 Å². The molecule has 0 unspecified atom stereocenters. The SMILES string of the molecule is C.Cc1ccc(-c2ccncc2)nc1C. The average Bonchev–Trinajstić information content (AvgIpc) is 2.23. The fraction of sp³-hybridized carbons (Fsp3) is 0.231. The molecule has 0 spiro atoms. The molecule has 78 valence electrons. The standard InChI is InChI=1S/C12H12N2.CH4/c1-9-3-4-12(14-10(9)2)11-5-7-13-8-6-11;/h3-8H,1-2H3;1H4. The van der Waals surface area contributed by atoms with Crippen LogP contribution >= 0.6 is 0 Å². The van der Waals surface area contributed by atoms with Crippen molar-refractivity contribution < 1.29 is 0 Å². The third-order valence-corrected chi connectivity index (χ3v) is 2.33. The highest BCUT2D eigenvalue weighted by atomic mass is 14.7. The average molecular weight is 200 g/mol. The van der Waals surface area contributed by atoms with Crippen molar-refractivity contribution in [3.8, 4) is 11.3 Å². The molecule has 0 bridgehead atoms. The lowest BCUT2D eigenvalue weighted by atomic mass is 10.1. The second-order valence-electron chi connectivity index (χ2n) is 3.33. The highest BCUT2D eigenvalue weighted by molar-refractivity contribution is 5.58. The lowest BCUT2D eigenvalue weighted by Crippen LogP contribution is -1.89. The smallest absolute Gasteiger partial charge is 0.0706 e. The van der Waals surface area contributed by atoms with E-state index in [4.69, 9.17) is 0 Å². The van der Waals surface area contributed by atoms with Gasteiger partial charge in [0.1, 0.15) is 0 Å². The second kappa shape index (κ2) is 4.69. The van der Waals surface area contributed by atoms with Gasteiger partial charge in [-0.3, -0.25) is 9.97 Å². The van der Waals surface area contributed by atoms with E-state index in [0.717, 1.165) is 17.0 Å². The van der Waals surface area contributed by atoms with Gasteiger partial charge in [0, 0.05) is 23.7 Å². The third kappa shape index (κ3) is 2.40. The molecule has 2 aromatic heterocycles. The van der Waals surface area contributed by atoms with E-state index < -0.39 is 0 Å². The van der Waals surface area contributed by atoms with E-state index in [1.165, 1.54) is 5.56 Å². The molecule has 0 amide bonds. The van der Waals surface area contributed by atoms with Gasteiger partial charge in [-0.2, -0.15) is 0 Å². The molecule has 2 heterocycles. The Balaban J connectivity index is 0.00000112. The number of aryl methyl sites for hydroxylation is 2. The van der Waals surface area contributed by atoms with Crippen LogP contribution in [-0.2, 0) is 0 Å². The molecule has 0 radical (unpaired) electrons. The Morgan fingerprint density at radius 2 is 1.60 bits per heavy atom. The van der Waals surface area contributed by atoms with Gasteiger partial charge in [-0.15, -0.1) is 0 Å². The highest BCUT2D eigenvalue weighted by Gasteiger charge is 1.99. The lowest BCUT2D eigenvalue weighted by Gasteiger charge is -2.03. The number of aromatic nitrogens is 2. The molecule has 2 heteroatoms. The number of hydrogen-bond donors (Lipinski definition) is 0. The number of pyridine rings is 2. The van der Waals surface area contributed by atoms with Crippen LogP contribution in [0.4, 0.5) is 0 Å². The summed E-state index contributed by atoms with van der Waals surface area (Å²) in [6.07, 6.45) is 3.57. The molecule has 2 aromatic rings. The molecule has 2 rings (SSSR count). The van der Waals surface area contributed by atoms with Crippen LogP contribution in [0, 0.1) is 13.8 Å². The van der Waals surface area contributed by atoms with Gasteiger partial charge in [0.25, 0.3) is 0 Å². The maximum atomic E-state index is 4.52. The predicted molar refractivity (Wildman–Crippen MR) is 63.7 cm³/mol. The quantitative estimate of drug-likeness (QED) is 0.705. The molecule has 2 nitrogen and oxygen atoms in total. The molecule has 0 atom stereocenters. The first-order valence-corrected chi connectivity index (χ1v) is 4.62. The maximum Gasteiger partial charge on any atom is 0.0706 e. The summed E-state index contributed by atoms with van der Waals surface area (Å²) >= 11 is 0. The van der Waals surface area contributed by atoms with Crippen molar-refractivity contribution in [1.82, 2.24) is 9.97 Å². The van der Waals surface area contributed by atoms with Crippen molar-refractivity contribution in [1.29, 1.82) is 0 Å². The topological polar surface area (TPSA) is 25.8 Å². The van der Waals surface area contributed by atoms with Crippen LogP contribution in [0.2, 0.25) is 0 Å². The van der Waals surface area contributed by atoms with Crippen LogP contribution < -0.4 is 0 Å². The van der Waals surface area contributed by atoms with E-state index in [-0.39, 0.29) is 7.43 Å². The summed E-state index contributed by atoms with van der Waals surface area (Å²) in [4.78, 5) is 8.50. The predicted octanol–water partition coefficient (Wildman–Crippen LogP) is 3.40. The number of rotatable bonds is 1. The van der Waals surface area contributed by atoms with Gasteiger partial charge in [0.05, 0.1) is 5.69 Å². The second-order valence-corrected chi connectivity index (χ2v) is 3.33. The van der Waals surface area contributed by atoms with Crippen molar-refractivity contribution in [2.75, 3.05) is 0 Å². The van der Waals surface area contributed by atoms with Crippen molar-refractivity contribution in [3.05, 3.63) is 47.9 Å². The van der Waals surface area contributed by atoms with Crippen LogP contribution in [0.25, 0.3) is 11.3 Å². The van der Waals surface area contributed by atoms with E-state index >= 15 is 0 Å². The summed E-state index contributed by atoms with van der Waals surface area (Å²) in [5, 5.41) is 0. The Hall–Kier alpha value is -1.70. The van der Waals surface area contributed by atoms with Gasteiger partial charge in [-0.05, 0) is 37.6 Å². The van der Waals surface area contributed by atoms with E-state index in [0.29, 0.717) is 0 Å². The van der Waals surface area contributed by atoms with Crippen molar-refractivity contribution >= 4 is 0 Å². The van der Waals surface area contributed by atoms with Gasteiger partial charge in [0.15, 0.2) is 0 Å². The van der Waals surface area contributed by atoms with E-state index in [9.17, 15) is 0 Å². The maximum absolute atomic E-state index is 4.52. The number of nitrogens with zero attached hydrogens (tertiary/aromatic N) is 2. The van der Waals surface area contributed by atoms with Crippen LogP contribution in [0.5, 0.6) is 0 Å². The van der Waals surface area contributed by atoms with Gasteiger partial charge in [0.2, 0.25) is 0 Å². The Labute approximate surface area is 91.0 Å². The summed E-state index contributed by atoms with van der Waals surface area (Å²) in [5.41, 5.74) is 4.43. The van der Waals surface area contributed by atoms with E-state index in [1.807, 2.05) is 25.1 Å². The van der Waals surface area contributed by atoms with Crippen LogP contribution in [-0.4, -0.2) is 9.97 Å². The van der Waals surface area contributed by atoms with Crippen LogP contribution in [0.1, 0.15) is 18.7 Å².